The number of rotatable bonds is 4. The molecule has 0 saturated carbocycles. The van der Waals surface area contributed by atoms with Gasteiger partial charge >= 0.3 is 6.18 Å². The van der Waals surface area contributed by atoms with Crippen LogP contribution in [0.3, 0.4) is 0 Å². The zero-order valence-corrected chi connectivity index (χ0v) is 13.2. The van der Waals surface area contributed by atoms with Crippen LogP contribution < -0.4 is 16.3 Å². The SMILES string of the molecule is O=C(NNc1c(Cl)cc(C(F)(F)F)cc1Cl)c1ccc(NO)cc1. The van der Waals surface area contributed by atoms with Crippen molar-refractivity contribution in [1.82, 2.24) is 5.43 Å². The molecule has 2 aromatic rings. The van der Waals surface area contributed by atoms with Crippen molar-refractivity contribution in [2.24, 2.45) is 0 Å². The highest BCUT2D eigenvalue weighted by atomic mass is 35.5. The number of carbonyl (C=O) groups excluding carboxylic acids is 1. The number of hydrazine groups is 1. The first-order chi connectivity index (χ1) is 11.2. The molecule has 4 N–H and O–H groups in total. The maximum atomic E-state index is 12.6. The average Bonchev–Trinajstić information content (AvgIpc) is 2.53. The van der Waals surface area contributed by atoms with Crippen LogP contribution in [0.4, 0.5) is 24.5 Å². The Morgan fingerprint density at radius 2 is 1.58 bits per heavy atom. The number of carbonyl (C=O) groups is 1. The molecule has 0 heterocycles. The van der Waals surface area contributed by atoms with Gasteiger partial charge in [0.15, 0.2) is 0 Å². The summed E-state index contributed by atoms with van der Waals surface area (Å²) >= 11 is 11.6. The van der Waals surface area contributed by atoms with E-state index in [1.807, 2.05) is 5.48 Å². The molecule has 0 bridgehead atoms. The van der Waals surface area contributed by atoms with Crippen LogP contribution >= 0.6 is 23.2 Å². The highest BCUT2D eigenvalue weighted by Gasteiger charge is 2.32. The summed E-state index contributed by atoms with van der Waals surface area (Å²) in [7, 11) is 0. The van der Waals surface area contributed by atoms with Crippen molar-refractivity contribution in [3.8, 4) is 0 Å². The molecule has 128 valence electrons. The number of benzene rings is 2. The summed E-state index contributed by atoms with van der Waals surface area (Å²) in [4.78, 5) is 11.9. The number of anilines is 2. The lowest BCUT2D eigenvalue weighted by molar-refractivity contribution is -0.137. The van der Waals surface area contributed by atoms with Crippen LogP contribution in [-0.2, 0) is 6.18 Å². The smallest absolute Gasteiger partial charge is 0.295 e. The van der Waals surface area contributed by atoms with Crippen molar-refractivity contribution >= 4 is 40.5 Å². The third-order valence-electron chi connectivity index (χ3n) is 2.95. The fraction of sp³-hybridized carbons (Fsp3) is 0.0714. The zero-order valence-electron chi connectivity index (χ0n) is 11.7. The molecule has 0 radical (unpaired) electrons. The van der Waals surface area contributed by atoms with E-state index < -0.39 is 17.6 Å². The molecule has 0 aliphatic rings. The second-order valence-corrected chi connectivity index (χ2v) is 5.40. The summed E-state index contributed by atoms with van der Waals surface area (Å²) < 4.78 is 37.9. The van der Waals surface area contributed by atoms with Gasteiger partial charge in [-0.1, -0.05) is 23.2 Å². The molecule has 0 fully saturated rings. The first kappa shape index (κ1) is 18.2. The van der Waals surface area contributed by atoms with E-state index in [1.54, 1.807) is 0 Å². The maximum Gasteiger partial charge on any atom is 0.416 e. The Hall–Kier alpha value is -2.16. The Labute approximate surface area is 144 Å². The number of alkyl halides is 3. The van der Waals surface area contributed by atoms with E-state index in [1.165, 1.54) is 24.3 Å². The lowest BCUT2D eigenvalue weighted by Crippen LogP contribution is -2.29. The standard InChI is InChI=1S/C14H10Cl2F3N3O2/c15-10-5-8(14(17,18)19)6-11(16)12(10)20-21-13(23)7-1-3-9(22-24)4-2-7/h1-6,20,22,24H,(H,21,23). The zero-order chi connectivity index (χ0) is 17.9. The molecule has 0 spiro atoms. The molecule has 0 unspecified atom stereocenters. The molecule has 0 aliphatic heterocycles. The van der Waals surface area contributed by atoms with Crippen molar-refractivity contribution in [2.45, 2.75) is 6.18 Å². The Balaban J connectivity index is 2.12. The largest absolute Gasteiger partial charge is 0.416 e. The topological polar surface area (TPSA) is 73.4 Å². The number of hydrogen-bond donors (Lipinski definition) is 4. The fourth-order valence-electron chi connectivity index (χ4n) is 1.74. The third-order valence-corrected chi connectivity index (χ3v) is 3.54. The highest BCUT2D eigenvalue weighted by molar-refractivity contribution is 6.39. The Morgan fingerprint density at radius 1 is 1.04 bits per heavy atom. The maximum absolute atomic E-state index is 12.6. The molecule has 2 aromatic carbocycles. The van der Waals surface area contributed by atoms with Gasteiger partial charge in [0.05, 0.1) is 27.0 Å². The van der Waals surface area contributed by atoms with E-state index in [-0.39, 0.29) is 21.3 Å². The second kappa shape index (κ2) is 7.16. The molecule has 10 heteroatoms. The lowest BCUT2D eigenvalue weighted by atomic mass is 10.2. The van der Waals surface area contributed by atoms with Crippen molar-refractivity contribution < 1.29 is 23.2 Å². The van der Waals surface area contributed by atoms with Crippen LogP contribution in [0, 0.1) is 0 Å². The van der Waals surface area contributed by atoms with Gasteiger partial charge in [0.1, 0.15) is 0 Å². The van der Waals surface area contributed by atoms with E-state index in [4.69, 9.17) is 28.4 Å². The molecule has 0 aromatic heterocycles. The normalized spacial score (nSPS) is 11.1. The van der Waals surface area contributed by atoms with E-state index in [9.17, 15) is 18.0 Å². The summed E-state index contributed by atoms with van der Waals surface area (Å²) in [5, 5.41) is 8.09. The number of amides is 1. The van der Waals surface area contributed by atoms with Crippen molar-refractivity contribution in [3.63, 3.8) is 0 Å². The van der Waals surface area contributed by atoms with Gasteiger partial charge in [-0.3, -0.25) is 26.3 Å². The lowest BCUT2D eigenvalue weighted by Gasteiger charge is -2.14. The fourth-order valence-corrected chi connectivity index (χ4v) is 2.33. The third kappa shape index (κ3) is 4.22. The number of nitrogens with one attached hydrogen (secondary N) is 3. The molecule has 0 aliphatic carbocycles. The highest BCUT2D eigenvalue weighted by Crippen LogP contribution is 2.38. The number of hydrogen-bond acceptors (Lipinski definition) is 4. The van der Waals surface area contributed by atoms with Gasteiger partial charge in [0.2, 0.25) is 0 Å². The second-order valence-electron chi connectivity index (χ2n) is 4.58. The molecular weight excluding hydrogens is 370 g/mol. The molecule has 1 amide bonds. The van der Waals surface area contributed by atoms with Gasteiger partial charge in [0.25, 0.3) is 5.91 Å². The van der Waals surface area contributed by atoms with Crippen molar-refractivity contribution in [3.05, 3.63) is 57.6 Å². The summed E-state index contributed by atoms with van der Waals surface area (Å²) in [6.07, 6.45) is -4.59. The quantitative estimate of drug-likeness (QED) is 0.587. The molecule has 5 nitrogen and oxygen atoms in total. The van der Waals surface area contributed by atoms with Crippen LogP contribution in [0.5, 0.6) is 0 Å². The molecule has 0 saturated heterocycles. The van der Waals surface area contributed by atoms with Crippen LogP contribution in [0.15, 0.2) is 36.4 Å². The summed E-state index contributed by atoms with van der Waals surface area (Å²) in [6.45, 7) is 0. The first-order valence-corrected chi connectivity index (χ1v) is 7.10. The van der Waals surface area contributed by atoms with Crippen LogP contribution in [0.25, 0.3) is 0 Å². The van der Waals surface area contributed by atoms with Gasteiger partial charge in [0, 0.05) is 5.56 Å². The minimum atomic E-state index is -4.59. The summed E-state index contributed by atoms with van der Waals surface area (Å²) in [5.74, 6) is -0.577. The Bertz CT molecular complexity index is 729. The average molecular weight is 380 g/mol. The first-order valence-electron chi connectivity index (χ1n) is 6.35. The van der Waals surface area contributed by atoms with Gasteiger partial charge in [-0.05, 0) is 36.4 Å². The minimum absolute atomic E-state index is 0.0617. The van der Waals surface area contributed by atoms with E-state index in [0.717, 1.165) is 0 Å². The van der Waals surface area contributed by atoms with Crippen molar-refractivity contribution in [1.29, 1.82) is 0 Å². The predicted octanol–water partition coefficient (Wildman–Crippen LogP) is 4.57. The predicted molar refractivity (Wildman–Crippen MR) is 84.4 cm³/mol. The Kier molecular flexibility index (Phi) is 5.43. The van der Waals surface area contributed by atoms with Crippen LogP contribution in [0.2, 0.25) is 10.0 Å². The van der Waals surface area contributed by atoms with Crippen LogP contribution in [0.1, 0.15) is 15.9 Å². The van der Waals surface area contributed by atoms with E-state index in [2.05, 4.69) is 10.9 Å². The molecular formula is C14H10Cl2F3N3O2. The minimum Gasteiger partial charge on any atom is -0.295 e. The molecule has 0 atom stereocenters. The van der Waals surface area contributed by atoms with Gasteiger partial charge in [-0.15, -0.1) is 0 Å². The van der Waals surface area contributed by atoms with Crippen LogP contribution in [-0.4, -0.2) is 11.1 Å². The molecule has 24 heavy (non-hydrogen) atoms. The number of halogens is 5. The van der Waals surface area contributed by atoms with Crippen molar-refractivity contribution in [2.75, 3.05) is 10.9 Å². The van der Waals surface area contributed by atoms with E-state index >= 15 is 0 Å². The van der Waals surface area contributed by atoms with E-state index in [0.29, 0.717) is 17.8 Å². The van der Waals surface area contributed by atoms with Gasteiger partial charge in [-0.25, -0.2) is 0 Å². The van der Waals surface area contributed by atoms with Gasteiger partial charge < -0.3 is 0 Å². The monoisotopic (exact) mass is 379 g/mol. The Morgan fingerprint density at radius 3 is 2.04 bits per heavy atom. The van der Waals surface area contributed by atoms with Gasteiger partial charge in [-0.2, -0.15) is 13.2 Å². The summed E-state index contributed by atoms with van der Waals surface area (Å²) in [5.41, 5.74) is 6.13. The summed E-state index contributed by atoms with van der Waals surface area (Å²) in [6, 6.07) is 7.14. The molecule has 2 rings (SSSR count).